The number of thioether (sulfide) groups is 1. The van der Waals surface area contributed by atoms with Crippen molar-refractivity contribution in [3.63, 3.8) is 0 Å². The van der Waals surface area contributed by atoms with Gasteiger partial charge in [-0.3, -0.25) is 4.99 Å². The molecule has 0 spiro atoms. The van der Waals surface area contributed by atoms with Gasteiger partial charge >= 0.3 is 0 Å². The van der Waals surface area contributed by atoms with Gasteiger partial charge in [-0.15, -0.1) is 0 Å². The number of amidine groups is 1. The van der Waals surface area contributed by atoms with E-state index in [4.69, 9.17) is 20.2 Å². The van der Waals surface area contributed by atoms with E-state index >= 15 is 4.39 Å². The Kier molecular flexibility index (Phi) is 4.65. The number of methoxy groups -OCH3 is 1. The first-order chi connectivity index (χ1) is 14.1. The average molecular weight is 414 g/mol. The number of halogens is 1. The molecular formula is C22H24FN3O2S. The van der Waals surface area contributed by atoms with E-state index < -0.39 is 5.54 Å². The molecular weight excluding hydrogens is 389 g/mol. The van der Waals surface area contributed by atoms with E-state index in [1.54, 1.807) is 31.1 Å². The highest BCUT2D eigenvalue weighted by Crippen LogP contribution is 2.50. The number of nitrogens with zero attached hydrogens (tertiary/aromatic N) is 2. The number of rotatable bonds is 5. The summed E-state index contributed by atoms with van der Waals surface area (Å²) in [6, 6.07) is 7.05. The number of benzene rings is 1. The summed E-state index contributed by atoms with van der Waals surface area (Å²) in [6.45, 7) is 0.684. The Morgan fingerprint density at radius 1 is 1.31 bits per heavy atom. The van der Waals surface area contributed by atoms with Crippen LogP contribution >= 0.6 is 11.8 Å². The largest absolute Gasteiger partial charge is 0.493 e. The van der Waals surface area contributed by atoms with E-state index in [1.807, 2.05) is 12.1 Å². The highest BCUT2D eigenvalue weighted by atomic mass is 32.2. The first-order valence-electron chi connectivity index (χ1n) is 10.0. The third-order valence-corrected chi connectivity index (χ3v) is 7.18. The Balaban J connectivity index is 1.61. The minimum Gasteiger partial charge on any atom is -0.493 e. The maximum atomic E-state index is 15.2. The van der Waals surface area contributed by atoms with E-state index in [9.17, 15) is 0 Å². The molecule has 2 aliphatic carbocycles. The molecule has 1 fully saturated rings. The molecule has 7 heteroatoms. The minimum absolute atomic E-state index is 0.132. The molecule has 0 unspecified atom stereocenters. The lowest BCUT2D eigenvalue weighted by Crippen LogP contribution is -2.46. The van der Waals surface area contributed by atoms with Crippen LogP contribution in [0.1, 0.15) is 29.5 Å². The van der Waals surface area contributed by atoms with E-state index in [-0.39, 0.29) is 11.7 Å². The summed E-state index contributed by atoms with van der Waals surface area (Å²) in [6.07, 6.45) is 5.48. The summed E-state index contributed by atoms with van der Waals surface area (Å²) in [5.41, 5.74) is 8.11. The summed E-state index contributed by atoms with van der Waals surface area (Å²) < 4.78 is 26.7. The highest BCUT2D eigenvalue weighted by molar-refractivity contribution is 8.13. The fourth-order valence-corrected chi connectivity index (χ4v) is 5.45. The number of hydrogen-bond acceptors (Lipinski definition) is 6. The molecule has 0 saturated heterocycles. The van der Waals surface area contributed by atoms with Gasteiger partial charge in [0.2, 0.25) is 5.88 Å². The van der Waals surface area contributed by atoms with Crippen molar-refractivity contribution in [1.82, 2.24) is 4.98 Å². The van der Waals surface area contributed by atoms with Crippen LogP contribution in [-0.2, 0) is 18.4 Å². The number of pyridine rings is 1. The molecule has 5 rings (SSSR count). The van der Waals surface area contributed by atoms with Crippen LogP contribution in [0, 0.1) is 17.7 Å². The van der Waals surface area contributed by atoms with Gasteiger partial charge < -0.3 is 15.2 Å². The molecule has 2 aromatic rings. The smallest absolute Gasteiger partial charge is 0.216 e. The number of hydrogen-bond donors (Lipinski definition) is 1. The van der Waals surface area contributed by atoms with Crippen molar-refractivity contribution in [2.24, 2.45) is 22.6 Å². The predicted molar refractivity (Wildman–Crippen MR) is 112 cm³/mol. The van der Waals surface area contributed by atoms with Crippen LogP contribution in [0.2, 0.25) is 0 Å². The second-order valence-electron chi connectivity index (χ2n) is 8.12. The van der Waals surface area contributed by atoms with Crippen molar-refractivity contribution in [3.05, 3.63) is 53.0 Å². The molecule has 152 valence electrons. The first kappa shape index (κ1) is 18.7. The van der Waals surface area contributed by atoms with Gasteiger partial charge in [-0.05, 0) is 55.0 Å². The van der Waals surface area contributed by atoms with E-state index in [0.717, 1.165) is 17.7 Å². The zero-order chi connectivity index (χ0) is 20.0. The quantitative estimate of drug-likeness (QED) is 0.810. The summed E-state index contributed by atoms with van der Waals surface area (Å²) in [5, 5.41) is 0.497. The predicted octanol–water partition coefficient (Wildman–Crippen LogP) is 3.69. The lowest BCUT2D eigenvalue weighted by Gasteiger charge is -2.45. The van der Waals surface area contributed by atoms with Gasteiger partial charge in [0, 0.05) is 35.4 Å². The van der Waals surface area contributed by atoms with E-state index in [2.05, 4.69) is 4.98 Å². The number of aliphatic imine (C=N–C) groups is 1. The van der Waals surface area contributed by atoms with Gasteiger partial charge in [-0.2, -0.15) is 0 Å². The van der Waals surface area contributed by atoms with Crippen LogP contribution in [0.5, 0.6) is 11.6 Å². The van der Waals surface area contributed by atoms with Gasteiger partial charge in [0.1, 0.15) is 11.6 Å². The molecule has 0 radical (unpaired) electrons. The Hall–Kier alpha value is -2.28. The SMILES string of the molecule is COc1nccc2c1C[C@@]1(c3cc(OCC4CC4)ccc3F)N=C(N)SC[C@H]1C2. The zero-order valence-electron chi connectivity index (χ0n) is 16.4. The van der Waals surface area contributed by atoms with Crippen molar-refractivity contribution >= 4 is 16.9 Å². The summed E-state index contributed by atoms with van der Waals surface area (Å²) in [7, 11) is 1.61. The standard InChI is InChI=1S/C22H24FN3O2S/c1-27-20-17-10-22(15(12-29-21(24)26-22)8-14(17)6-7-25-20)18-9-16(4-5-19(18)23)28-11-13-2-3-13/h4-7,9,13,15H,2-3,8,10-12H2,1H3,(H2,24,26)/t15-,22-/m1/s1. The van der Waals surface area contributed by atoms with Crippen molar-refractivity contribution in [2.75, 3.05) is 19.5 Å². The maximum absolute atomic E-state index is 15.2. The third-order valence-electron chi connectivity index (χ3n) is 6.22. The van der Waals surface area contributed by atoms with Crippen LogP contribution in [0.25, 0.3) is 0 Å². The van der Waals surface area contributed by atoms with Crippen molar-refractivity contribution in [3.8, 4) is 11.6 Å². The molecule has 1 aliphatic heterocycles. The van der Waals surface area contributed by atoms with Crippen molar-refractivity contribution in [2.45, 2.75) is 31.2 Å². The Bertz CT molecular complexity index is 979. The fraction of sp³-hybridized carbons (Fsp3) is 0.455. The second-order valence-corrected chi connectivity index (χ2v) is 9.16. The lowest BCUT2D eigenvalue weighted by atomic mass is 9.67. The van der Waals surface area contributed by atoms with Crippen LogP contribution < -0.4 is 15.2 Å². The monoisotopic (exact) mass is 413 g/mol. The van der Waals surface area contributed by atoms with E-state index in [0.29, 0.717) is 41.3 Å². The molecule has 5 nitrogen and oxygen atoms in total. The van der Waals surface area contributed by atoms with Gasteiger partial charge in [0.05, 0.1) is 19.3 Å². The lowest BCUT2D eigenvalue weighted by molar-refractivity contribution is 0.258. The van der Waals surface area contributed by atoms with E-state index in [1.165, 1.54) is 24.5 Å². The molecule has 3 aliphatic rings. The van der Waals surface area contributed by atoms with Gasteiger partial charge in [0.15, 0.2) is 5.17 Å². The average Bonchev–Trinajstić information content (AvgIpc) is 3.55. The van der Waals surface area contributed by atoms with Crippen LogP contribution in [0.15, 0.2) is 35.5 Å². The number of aromatic nitrogens is 1. The van der Waals surface area contributed by atoms with Gasteiger partial charge in [-0.25, -0.2) is 9.37 Å². The fourth-order valence-electron chi connectivity index (χ4n) is 4.46. The summed E-state index contributed by atoms with van der Waals surface area (Å²) in [5.74, 6) is 2.56. The number of nitrogens with two attached hydrogens (primary N) is 1. The molecule has 29 heavy (non-hydrogen) atoms. The zero-order valence-corrected chi connectivity index (χ0v) is 17.2. The molecule has 1 aromatic heterocycles. The molecule has 2 atom stereocenters. The van der Waals surface area contributed by atoms with Crippen LogP contribution in [0.4, 0.5) is 4.39 Å². The van der Waals surface area contributed by atoms with Crippen molar-refractivity contribution < 1.29 is 13.9 Å². The molecule has 2 heterocycles. The maximum Gasteiger partial charge on any atom is 0.216 e. The summed E-state index contributed by atoms with van der Waals surface area (Å²) in [4.78, 5) is 9.23. The van der Waals surface area contributed by atoms with Crippen molar-refractivity contribution in [1.29, 1.82) is 0 Å². The Morgan fingerprint density at radius 3 is 2.97 bits per heavy atom. The molecule has 2 N–H and O–H groups in total. The van der Waals surface area contributed by atoms with Crippen LogP contribution in [-0.4, -0.2) is 29.6 Å². The topological polar surface area (TPSA) is 69.7 Å². The molecule has 0 bridgehead atoms. The van der Waals surface area contributed by atoms with Gasteiger partial charge in [-0.1, -0.05) is 11.8 Å². The highest BCUT2D eigenvalue weighted by Gasteiger charge is 2.49. The second kappa shape index (κ2) is 7.20. The van der Waals surface area contributed by atoms with Crippen LogP contribution in [0.3, 0.4) is 0 Å². The molecule has 1 saturated carbocycles. The number of fused-ring (bicyclic) bond motifs is 2. The van der Waals surface area contributed by atoms with Gasteiger partial charge in [0.25, 0.3) is 0 Å². The molecule has 0 amide bonds. The molecule has 1 aromatic carbocycles. The number of ether oxygens (including phenoxy) is 2. The Morgan fingerprint density at radius 2 is 2.17 bits per heavy atom. The third kappa shape index (κ3) is 3.35. The normalized spacial score (nSPS) is 25.6. The Labute approximate surface area is 173 Å². The summed E-state index contributed by atoms with van der Waals surface area (Å²) >= 11 is 1.54. The minimum atomic E-state index is -0.776. The first-order valence-corrected chi connectivity index (χ1v) is 11.0.